The van der Waals surface area contributed by atoms with Crippen molar-refractivity contribution in [2.24, 2.45) is 4.99 Å². The number of hydrogen-bond donors (Lipinski definition) is 3. The van der Waals surface area contributed by atoms with Gasteiger partial charge in [-0.2, -0.15) is 26.3 Å². The van der Waals surface area contributed by atoms with E-state index in [4.69, 9.17) is 0 Å². The summed E-state index contributed by atoms with van der Waals surface area (Å²) < 4.78 is 76.0. The molecule has 1 saturated heterocycles. The van der Waals surface area contributed by atoms with Gasteiger partial charge in [0.15, 0.2) is 5.96 Å². The minimum Gasteiger partial charge on any atom is -0.368 e. The molecule has 1 aromatic rings. The molecule has 0 amide bonds. The molecule has 12 heteroatoms. The molecule has 1 aliphatic rings. The van der Waals surface area contributed by atoms with Gasteiger partial charge in [0.1, 0.15) is 5.82 Å². The van der Waals surface area contributed by atoms with E-state index in [2.05, 4.69) is 25.9 Å². The van der Waals surface area contributed by atoms with E-state index in [0.717, 1.165) is 6.07 Å². The number of alkyl halides is 6. The molecule has 158 valence electrons. The van der Waals surface area contributed by atoms with Crippen molar-refractivity contribution in [3.05, 3.63) is 23.9 Å². The van der Waals surface area contributed by atoms with Gasteiger partial charge >= 0.3 is 12.4 Å². The smallest absolute Gasteiger partial charge is 0.368 e. The first-order valence-electron chi connectivity index (χ1n) is 8.61. The Morgan fingerprint density at radius 1 is 1.25 bits per heavy atom. The molecule has 0 radical (unpaired) electrons. The molecular formula is C16H22F6N6. The number of nitrogens with one attached hydrogen (secondary N) is 3. The highest BCUT2D eigenvalue weighted by Crippen LogP contribution is 2.33. The van der Waals surface area contributed by atoms with Crippen LogP contribution in [0.2, 0.25) is 0 Å². The summed E-state index contributed by atoms with van der Waals surface area (Å²) in [5, 5.41) is 8.55. The van der Waals surface area contributed by atoms with E-state index in [-0.39, 0.29) is 31.5 Å². The maximum absolute atomic E-state index is 12.9. The van der Waals surface area contributed by atoms with Crippen LogP contribution in [0.15, 0.2) is 23.3 Å². The average Bonchev–Trinajstić information content (AvgIpc) is 3.02. The molecular weight excluding hydrogens is 390 g/mol. The highest BCUT2D eigenvalue weighted by molar-refractivity contribution is 5.80. The number of aromatic nitrogens is 1. The third kappa shape index (κ3) is 7.06. The van der Waals surface area contributed by atoms with Gasteiger partial charge in [-0.05, 0) is 18.6 Å². The third-order valence-electron chi connectivity index (χ3n) is 4.06. The van der Waals surface area contributed by atoms with E-state index in [1.165, 1.54) is 24.2 Å². The van der Waals surface area contributed by atoms with Crippen LogP contribution < -0.4 is 16.0 Å². The Bertz CT molecular complexity index is 660. The maximum Gasteiger partial charge on any atom is 0.419 e. The first-order chi connectivity index (χ1) is 13.1. The summed E-state index contributed by atoms with van der Waals surface area (Å²) in [4.78, 5) is 9.00. The second kappa shape index (κ2) is 9.30. The minimum absolute atomic E-state index is 0.145. The molecule has 1 atom stereocenters. The Hall–Kier alpha value is -2.24. The fraction of sp³-hybridized carbons (Fsp3) is 0.625. The average molecular weight is 412 g/mol. The molecule has 2 rings (SSSR count). The van der Waals surface area contributed by atoms with E-state index in [1.807, 2.05) is 0 Å². The molecule has 1 unspecified atom stereocenters. The van der Waals surface area contributed by atoms with Gasteiger partial charge in [-0.1, -0.05) is 0 Å². The summed E-state index contributed by atoms with van der Waals surface area (Å²) >= 11 is 0. The van der Waals surface area contributed by atoms with Crippen molar-refractivity contribution in [3.8, 4) is 0 Å². The van der Waals surface area contributed by atoms with Gasteiger partial charge in [0.05, 0.1) is 12.1 Å². The maximum atomic E-state index is 12.9. The summed E-state index contributed by atoms with van der Waals surface area (Å²) in [6, 6.07) is 1.96. The number of hydrogen-bond acceptors (Lipinski definition) is 4. The molecule has 0 spiro atoms. The van der Waals surface area contributed by atoms with Crippen LogP contribution in [0.5, 0.6) is 0 Å². The van der Waals surface area contributed by atoms with Gasteiger partial charge in [0.2, 0.25) is 0 Å². The Balaban J connectivity index is 1.76. The number of pyridine rings is 1. The van der Waals surface area contributed by atoms with Gasteiger partial charge in [-0.3, -0.25) is 9.89 Å². The van der Waals surface area contributed by atoms with Crippen LogP contribution in [-0.2, 0) is 6.18 Å². The third-order valence-corrected chi connectivity index (χ3v) is 4.06. The molecule has 0 aliphatic carbocycles. The van der Waals surface area contributed by atoms with Gasteiger partial charge < -0.3 is 16.0 Å². The summed E-state index contributed by atoms with van der Waals surface area (Å²) in [7, 11) is 1.51. The Morgan fingerprint density at radius 3 is 2.64 bits per heavy atom. The molecule has 3 N–H and O–H groups in total. The summed E-state index contributed by atoms with van der Waals surface area (Å²) in [5.41, 5.74) is -0.854. The largest absolute Gasteiger partial charge is 0.419 e. The molecule has 1 aliphatic heterocycles. The van der Waals surface area contributed by atoms with Crippen LogP contribution in [0, 0.1) is 0 Å². The van der Waals surface area contributed by atoms with Gasteiger partial charge in [0.25, 0.3) is 0 Å². The van der Waals surface area contributed by atoms with E-state index in [0.29, 0.717) is 18.9 Å². The summed E-state index contributed by atoms with van der Waals surface area (Å²) in [5.74, 6) is 0.107. The van der Waals surface area contributed by atoms with Crippen molar-refractivity contribution < 1.29 is 26.3 Å². The van der Waals surface area contributed by atoms with E-state index in [1.54, 1.807) is 0 Å². The minimum atomic E-state index is -4.51. The number of nitrogens with zero attached hydrogens (tertiary/aromatic N) is 3. The number of guanidine groups is 1. The van der Waals surface area contributed by atoms with Crippen LogP contribution in [0.1, 0.15) is 12.0 Å². The number of rotatable bonds is 6. The molecule has 1 aromatic heterocycles. The topological polar surface area (TPSA) is 64.6 Å². The van der Waals surface area contributed by atoms with Crippen LogP contribution in [-0.4, -0.2) is 67.8 Å². The summed E-state index contributed by atoms with van der Waals surface area (Å²) in [6.07, 6.45) is -6.94. The Kier molecular flexibility index (Phi) is 7.33. The standard InChI is InChI=1S/C16H22F6N6/c1-23-14(27-11-4-8-28(9-11)10-15(17,18)19)26-7-6-25-13-12(16(20,21)22)3-2-5-24-13/h2-3,5,11H,4,6-10H2,1H3,(H,24,25)(H2,23,26,27). The fourth-order valence-electron chi connectivity index (χ4n) is 2.87. The van der Waals surface area contributed by atoms with Gasteiger partial charge in [-0.15, -0.1) is 0 Å². The number of anilines is 1. The molecule has 1 fully saturated rings. The lowest BCUT2D eigenvalue weighted by Gasteiger charge is -2.20. The lowest BCUT2D eigenvalue weighted by atomic mass is 10.2. The fourth-order valence-corrected chi connectivity index (χ4v) is 2.87. The zero-order valence-electron chi connectivity index (χ0n) is 15.2. The molecule has 2 heterocycles. The molecule has 0 bridgehead atoms. The monoisotopic (exact) mass is 412 g/mol. The summed E-state index contributed by atoms with van der Waals surface area (Å²) in [6.45, 7) is 0.00188. The lowest BCUT2D eigenvalue weighted by molar-refractivity contribution is -0.143. The van der Waals surface area contributed by atoms with E-state index < -0.39 is 24.5 Å². The van der Waals surface area contributed by atoms with E-state index in [9.17, 15) is 26.3 Å². The second-order valence-corrected chi connectivity index (χ2v) is 6.30. The van der Waals surface area contributed by atoms with E-state index >= 15 is 0 Å². The number of halogens is 6. The molecule has 28 heavy (non-hydrogen) atoms. The van der Waals surface area contributed by atoms with Crippen molar-refractivity contribution in [2.45, 2.75) is 24.8 Å². The predicted octanol–water partition coefficient (Wildman–Crippen LogP) is 2.31. The van der Waals surface area contributed by atoms with Crippen LogP contribution >= 0.6 is 0 Å². The van der Waals surface area contributed by atoms with Gasteiger partial charge in [-0.25, -0.2) is 4.98 Å². The van der Waals surface area contributed by atoms with Crippen molar-refractivity contribution in [3.63, 3.8) is 0 Å². The van der Waals surface area contributed by atoms with Crippen molar-refractivity contribution in [1.82, 2.24) is 20.5 Å². The Labute approximate surface area is 158 Å². The van der Waals surface area contributed by atoms with Crippen LogP contribution in [0.25, 0.3) is 0 Å². The molecule has 6 nitrogen and oxygen atoms in total. The van der Waals surface area contributed by atoms with Crippen LogP contribution in [0.4, 0.5) is 32.2 Å². The normalized spacial score (nSPS) is 19.0. The molecule has 0 aromatic carbocycles. The molecule has 0 saturated carbocycles. The number of likely N-dealkylation sites (tertiary alicyclic amines) is 1. The predicted molar refractivity (Wildman–Crippen MR) is 93.1 cm³/mol. The van der Waals surface area contributed by atoms with Crippen molar-refractivity contribution >= 4 is 11.8 Å². The zero-order chi connectivity index (χ0) is 20.8. The van der Waals surface area contributed by atoms with Crippen LogP contribution in [0.3, 0.4) is 0 Å². The number of aliphatic imine (C=N–C) groups is 1. The SMILES string of the molecule is CN=C(NCCNc1ncccc1C(F)(F)F)NC1CCN(CC(F)(F)F)C1. The second-order valence-electron chi connectivity index (χ2n) is 6.30. The van der Waals surface area contributed by atoms with Crippen molar-refractivity contribution in [2.75, 3.05) is 45.1 Å². The highest BCUT2D eigenvalue weighted by Gasteiger charge is 2.35. The highest BCUT2D eigenvalue weighted by atomic mass is 19.4. The van der Waals surface area contributed by atoms with Crippen molar-refractivity contribution in [1.29, 1.82) is 0 Å². The Morgan fingerprint density at radius 2 is 2.00 bits per heavy atom. The zero-order valence-corrected chi connectivity index (χ0v) is 15.2. The quantitative estimate of drug-likeness (QED) is 0.290. The first-order valence-corrected chi connectivity index (χ1v) is 8.61. The first kappa shape index (κ1) is 22.1. The van der Waals surface area contributed by atoms with Gasteiger partial charge in [0, 0.05) is 45.5 Å². The lowest BCUT2D eigenvalue weighted by Crippen LogP contribution is -2.46.